The molecular weight excluding hydrogens is 408 g/mol. The van der Waals surface area contributed by atoms with E-state index in [1.54, 1.807) is 13.3 Å². The van der Waals surface area contributed by atoms with Crippen molar-refractivity contribution in [3.05, 3.63) is 69.7 Å². The van der Waals surface area contributed by atoms with Crippen LogP contribution in [-0.2, 0) is 6.61 Å². The van der Waals surface area contributed by atoms with Crippen LogP contribution in [0.25, 0.3) is 0 Å². The van der Waals surface area contributed by atoms with E-state index in [1.807, 2.05) is 36.4 Å². The second-order valence-electron chi connectivity index (χ2n) is 5.00. The SMILES string of the molecule is COc1cc(C=Nn2cnnc2)cc(Br)c1OCc1ccccc1Cl. The Balaban J connectivity index is 1.81. The lowest BCUT2D eigenvalue weighted by Crippen LogP contribution is -2.00. The third-order valence-corrected chi connectivity index (χ3v) is 4.29. The standard InChI is InChI=1S/C17H14BrClN4O2/c1-24-16-7-12(8-22-23-10-20-21-11-23)6-14(18)17(16)25-9-13-4-2-3-5-15(13)19/h2-8,10-11H,9H2,1H3. The summed E-state index contributed by atoms with van der Waals surface area (Å²) in [5.74, 6) is 1.19. The zero-order chi connectivity index (χ0) is 17.6. The summed E-state index contributed by atoms with van der Waals surface area (Å²) in [6, 6.07) is 11.3. The molecule has 0 aliphatic carbocycles. The van der Waals surface area contributed by atoms with Crippen molar-refractivity contribution < 1.29 is 9.47 Å². The number of aromatic nitrogens is 3. The maximum Gasteiger partial charge on any atom is 0.175 e. The van der Waals surface area contributed by atoms with Crippen molar-refractivity contribution in [1.82, 2.24) is 14.9 Å². The number of rotatable bonds is 6. The van der Waals surface area contributed by atoms with Crippen LogP contribution in [0.15, 0.2) is 58.6 Å². The summed E-state index contributed by atoms with van der Waals surface area (Å²) in [7, 11) is 1.59. The molecule has 0 fully saturated rings. The van der Waals surface area contributed by atoms with Gasteiger partial charge in [0.25, 0.3) is 0 Å². The fraction of sp³-hybridized carbons (Fsp3) is 0.118. The molecule has 3 rings (SSSR count). The Morgan fingerprint density at radius 1 is 1.24 bits per heavy atom. The van der Waals surface area contributed by atoms with E-state index in [9.17, 15) is 0 Å². The van der Waals surface area contributed by atoms with Gasteiger partial charge in [0.1, 0.15) is 19.3 Å². The van der Waals surface area contributed by atoms with Crippen LogP contribution in [0.4, 0.5) is 0 Å². The van der Waals surface area contributed by atoms with Crippen LogP contribution in [0.2, 0.25) is 5.02 Å². The van der Waals surface area contributed by atoms with E-state index >= 15 is 0 Å². The van der Waals surface area contributed by atoms with Gasteiger partial charge in [-0.2, -0.15) is 5.10 Å². The highest BCUT2D eigenvalue weighted by Gasteiger charge is 2.12. The van der Waals surface area contributed by atoms with Gasteiger partial charge >= 0.3 is 0 Å². The minimum atomic E-state index is 0.336. The van der Waals surface area contributed by atoms with Crippen LogP contribution in [0.5, 0.6) is 11.5 Å². The molecule has 8 heteroatoms. The number of hydrogen-bond donors (Lipinski definition) is 0. The molecule has 0 atom stereocenters. The summed E-state index contributed by atoms with van der Waals surface area (Å²) in [5, 5.41) is 12.3. The Bertz CT molecular complexity index is 884. The molecule has 1 aromatic heterocycles. The molecule has 2 aromatic carbocycles. The maximum atomic E-state index is 6.17. The van der Waals surface area contributed by atoms with E-state index in [2.05, 4.69) is 31.2 Å². The monoisotopic (exact) mass is 420 g/mol. The third-order valence-electron chi connectivity index (χ3n) is 3.33. The summed E-state index contributed by atoms with van der Waals surface area (Å²) >= 11 is 9.68. The summed E-state index contributed by atoms with van der Waals surface area (Å²) in [4.78, 5) is 0. The van der Waals surface area contributed by atoms with E-state index in [4.69, 9.17) is 21.1 Å². The summed E-state index contributed by atoms with van der Waals surface area (Å²) in [6.45, 7) is 0.336. The van der Waals surface area contributed by atoms with Gasteiger partial charge in [-0.3, -0.25) is 0 Å². The molecular formula is C17H14BrClN4O2. The Labute approximate surface area is 158 Å². The van der Waals surface area contributed by atoms with Crippen LogP contribution in [0, 0.1) is 0 Å². The molecule has 128 valence electrons. The maximum absolute atomic E-state index is 6.17. The fourth-order valence-corrected chi connectivity index (χ4v) is 2.87. The molecule has 0 bridgehead atoms. The van der Waals surface area contributed by atoms with Crippen LogP contribution in [-0.4, -0.2) is 28.2 Å². The van der Waals surface area contributed by atoms with Crippen LogP contribution < -0.4 is 9.47 Å². The number of halogens is 2. The minimum absolute atomic E-state index is 0.336. The van der Waals surface area contributed by atoms with Gasteiger partial charge in [0.05, 0.1) is 17.8 Å². The van der Waals surface area contributed by atoms with Crippen LogP contribution in [0.3, 0.4) is 0 Å². The minimum Gasteiger partial charge on any atom is -0.493 e. The zero-order valence-electron chi connectivity index (χ0n) is 13.3. The first-order valence-corrected chi connectivity index (χ1v) is 8.47. The molecule has 0 radical (unpaired) electrons. The smallest absolute Gasteiger partial charge is 0.175 e. The molecule has 0 aliphatic heterocycles. The molecule has 1 heterocycles. The first-order chi connectivity index (χ1) is 12.2. The predicted molar refractivity (Wildman–Crippen MR) is 99.5 cm³/mol. The van der Waals surface area contributed by atoms with E-state index in [-0.39, 0.29) is 0 Å². The molecule has 6 nitrogen and oxygen atoms in total. The third kappa shape index (κ3) is 4.37. The fourth-order valence-electron chi connectivity index (χ4n) is 2.11. The van der Waals surface area contributed by atoms with Gasteiger partial charge in [-0.05, 0) is 39.7 Å². The molecule has 0 aliphatic rings. The normalized spacial score (nSPS) is 11.0. The Morgan fingerprint density at radius 3 is 2.72 bits per heavy atom. The Kier molecular flexibility index (Phi) is 5.67. The number of ether oxygens (including phenoxy) is 2. The van der Waals surface area contributed by atoms with Crippen LogP contribution in [0.1, 0.15) is 11.1 Å². The van der Waals surface area contributed by atoms with Gasteiger partial charge in [0, 0.05) is 10.6 Å². The van der Waals surface area contributed by atoms with Crippen molar-refractivity contribution in [3.63, 3.8) is 0 Å². The highest BCUT2D eigenvalue weighted by Crippen LogP contribution is 2.37. The molecule has 0 saturated heterocycles. The topological polar surface area (TPSA) is 61.5 Å². The first kappa shape index (κ1) is 17.4. The lowest BCUT2D eigenvalue weighted by atomic mass is 10.2. The van der Waals surface area contributed by atoms with Crippen molar-refractivity contribution in [2.24, 2.45) is 5.10 Å². The molecule has 0 saturated carbocycles. The van der Waals surface area contributed by atoms with Crippen molar-refractivity contribution in [2.75, 3.05) is 7.11 Å². The van der Waals surface area contributed by atoms with Crippen LogP contribution >= 0.6 is 27.5 Å². The van der Waals surface area contributed by atoms with Crippen molar-refractivity contribution in [3.8, 4) is 11.5 Å². The van der Waals surface area contributed by atoms with Crippen molar-refractivity contribution in [1.29, 1.82) is 0 Å². The average molecular weight is 422 g/mol. The van der Waals surface area contributed by atoms with Crippen molar-refractivity contribution in [2.45, 2.75) is 6.61 Å². The lowest BCUT2D eigenvalue weighted by molar-refractivity contribution is 0.282. The lowest BCUT2D eigenvalue weighted by Gasteiger charge is -2.14. The van der Waals surface area contributed by atoms with Crippen molar-refractivity contribution >= 4 is 33.7 Å². The number of benzene rings is 2. The van der Waals surface area contributed by atoms with Gasteiger partial charge < -0.3 is 9.47 Å². The second kappa shape index (κ2) is 8.13. The average Bonchev–Trinajstić information content (AvgIpc) is 3.13. The predicted octanol–water partition coefficient (Wildman–Crippen LogP) is 4.16. The molecule has 25 heavy (non-hydrogen) atoms. The summed E-state index contributed by atoms with van der Waals surface area (Å²) in [6.07, 6.45) is 4.68. The molecule has 0 N–H and O–H groups in total. The van der Waals surface area contributed by atoms with Gasteiger partial charge in [0.2, 0.25) is 0 Å². The van der Waals surface area contributed by atoms with E-state index in [0.29, 0.717) is 23.1 Å². The highest BCUT2D eigenvalue weighted by molar-refractivity contribution is 9.10. The molecule has 0 amide bonds. The van der Waals surface area contributed by atoms with Gasteiger partial charge in [-0.1, -0.05) is 29.8 Å². The van der Waals surface area contributed by atoms with Gasteiger partial charge in [-0.15, -0.1) is 10.2 Å². The summed E-state index contributed by atoms with van der Waals surface area (Å²) < 4.78 is 13.6. The van der Waals surface area contributed by atoms with E-state index in [0.717, 1.165) is 15.6 Å². The number of methoxy groups -OCH3 is 1. The highest BCUT2D eigenvalue weighted by atomic mass is 79.9. The zero-order valence-corrected chi connectivity index (χ0v) is 15.6. The van der Waals surface area contributed by atoms with E-state index in [1.165, 1.54) is 17.3 Å². The Morgan fingerprint density at radius 2 is 2.00 bits per heavy atom. The summed E-state index contributed by atoms with van der Waals surface area (Å²) in [5.41, 5.74) is 1.74. The number of hydrogen-bond acceptors (Lipinski definition) is 5. The molecule has 3 aromatic rings. The molecule has 0 spiro atoms. The molecule has 0 unspecified atom stereocenters. The first-order valence-electron chi connectivity index (χ1n) is 7.30. The van der Waals surface area contributed by atoms with Gasteiger partial charge in [0.15, 0.2) is 11.5 Å². The van der Waals surface area contributed by atoms with E-state index < -0.39 is 0 Å². The number of nitrogens with zero attached hydrogens (tertiary/aromatic N) is 4. The second-order valence-corrected chi connectivity index (χ2v) is 6.26. The largest absolute Gasteiger partial charge is 0.493 e. The Hall–Kier alpha value is -2.38. The quantitative estimate of drug-likeness (QED) is 0.561. The van der Waals surface area contributed by atoms with Gasteiger partial charge in [-0.25, -0.2) is 4.68 Å².